The van der Waals surface area contributed by atoms with Gasteiger partial charge < -0.3 is 15.7 Å². The summed E-state index contributed by atoms with van der Waals surface area (Å²) in [7, 11) is 0. The van der Waals surface area contributed by atoms with Gasteiger partial charge in [0.15, 0.2) is 0 Å². The molecule has 1 unspecified atom stereocenters. The van der Waals surface area contributed by atoms with Crippen LogP contribution in [0.3, 0.4) is 0 Å². The summed E-state index contributed by atoms with van der Waals surface area (Å²) in [6, 6.07) is 2.11. The van der Waals surface area contributed by atoms with Crippen LogP contribution >= 0.6 is 11.3 Å². The minimum Gasteiger partial charge on any atom is -0.393 e. The minimum atomic E-state index is -0.304. The van der Waals surface area contributed by atoms with Gasteiger partial charge in [0.1, 0.15) is 10.6 Å². The second-order valence-electron chi connectivity index (χ2n) is 4.96. The number of nitrogens with one attached hydrogen (secondary N) is 2. The quantitative estimate of drug-likeness (QED) is 0.732. The van der Waals surface area contributed by atoms with Crippen molar-refractivity contribution < 1.29 is 5.11 Å². The van der Waals surface area contributed by atoms with Gasteiger partial charge in [-0.2, -0.15) is 4.98 Å². The normalized spacial score (nSPS) is 12.6. The van der Waals surface area contributed by atoms with E-state index in [0.717, 1.165) is 29.0 Å². The summed E-state index contributed by atoms with van der Waals surface area (Å²) < 4.78 is 0. The predicted octanol–water partition coefficient (Wildman–Crippen LogP) is 3.00. The van der Waals surface area contributed by atoms with Crippen molar-refractivity contribution in [2.75, 3.05) is 23.7 Å². The van der Waals surface area contributed by atoms with Gasteiger partial charge >= 0.3 is 0 Å². The molecule has 0 aliphatic carbocycles. The highest BCUT2D eigenvalue weighted by molar-refractivity contribution is 7.18. The minimum absolute atomic E-state index is 0.304. The maximum atomic E-state index is 9.34. The zero-order chi connectivity index (χ0) is 14.5. The Balaban J connectivity index is 2.23. The molecule has 5 nitrogen and oxygen atoms in total. The molecule has 20 heavy (non-hydrogen) atoms. The van der Waals surface area contributed by atoms with E-state index in [1.807, 2.05) is 0 Å². The molecule has 0 fully saturated rings. The van der Waals surface area contributed by atoms with Gasteiger partial charge in [-0.3, -0.25) is 0 Å². The molecule has 0 saturated heterocycles. The summed E-state index contributed by atoms with van der Waals surface area (Å²) in [5.74, 6) is 1.51. The van der Waals surface area contributed by atoms with Crippen LogP contribution in [-0.2, 0) is 0 Å². The first-order valence-corrected chi connectivity index (χ1v) is 7.85. The van der Waals surface area contributed by atoms with E-state index in [9.17, 15) is 5.11 Å². The Morgan fingerprint density at radius 2 is 2.10 bits per heavy atom. The number of aliphatic hydroxyl groups is 1. The lowest BCUT2D eigenvalue weighted by Gasteiger charge is -2.10. The average Bonchev–Trinajstić information content (AvgIpc) is 2.76. The van der Waals surface area contributed by atoms with Gasteiger partial charge in [-0.25, -0.2) is 4.98 Å². The number of aliphatic hydroxyl groups excluding tert-OH is 1. The molecule has 0 saturated carbocycles. The summed E-state index contributed by atoms with van der Waals surface area (Å²) >= 11 is 1.67. The summed E-state index contributed by atoms with van der Waals surface area (Å²) in [5.41, 5.74) is 0. The van der Waals surface area contributed by atoms with Crippen LogP contribution in [0.25, 0.3) is 10.2 Å². The summed E-state index contributed by atoms with van der Waals surface area (Å²) in [5, 5.41) is 16.9. The number of hydrogen-bond donors (Lipinski definition) is 3. The predicted molar refractivity (Wildman–Crippen MR) is 85.7 cm³/mol. The van der Waals surface area contributed by atoms with Gasteiger partial charge in [-0.15, -0.1) is 11.3 Å². The van der Waals surface area contributed by atoms with Crippen molar-refractivity contribution in [1.82, 2.24) is 9.97 Å². The average molecular weight is 294 g/mol. The standard InChI is InChI=1S/C14H22N4OS/c1-4-6-16-14-17-12(15-7-5-9(2)19)11-8-10(3)20-13(11)18-14/h8-9,19H,4-7H2,1-3H3,(H2,15,16,17,18). The van der Waals surface area contributed by atoms with Crippen molar-refractivity contribution in [2.45, 2.75) is 39.7 Å². The third-order valence-corrected chi connectivity index (χ3v) is 3.85. The number of aryl methyl sites for hydroxylation is 1. The van der Waals surface area contributed by atoms with E-state index in [1.54, 1.807) is 18.3 Å². The molecular formula is C14H22N4OS. The number of rotatable bonds is 7. The van der Waals surface area contributed by atoms with E-state index >= 15 is 0 Å². The Kier molecular flexibility index (Phi) is 5.14. The molecule has 2 aromatic rings. The largest absolute Gasteiger partial charge is 0.393 e. The third kappa shape index (κ3) is 3.80. The van der Waals surface area contributed by atoms with E-state index in [1.165, 1.54) is 4.88 Å². The van der Waals surface area contributed by atoms with E-state index in [0.29, 0.717) is 18.9 Å². The van der Waals surface area contributed by atoms with Crippen LogP contribution in [0.5, 0.6) is 0 Å². The van der Waals surface area contributed by atoms with E-state index in [2.05, 4.69) is 40.5 Å². The fourth-order valence-electron chi connectivity index (χ4n) is 1.89. The molecule has 0 amide bonds. The molecule has 110 valence electrons. The van der Waals surface area contributed by atoms with Crippen molar-refractivity contribution in [1.29, 1.82) is 0 Å². The summed E-state index contributed by atoms with van der Waals surface area (Å²) in [6.07, 6.45) is 1.43. The Bertz CT molecular complexity index is 568. The lowest BCUT2D eigenvalue weighted by molar-refractivity contribution is 0.188. The molecule has 2 aromatic heterocycles. The molecule has 0 bridgehead atoms. The second kappa shape index (κ2) is 6.85. The number of thiophene rings is 1. The number of hydrogen-bond acceptors (Lipinski definition) is 6. The van der Waals surface area contributed by atoms with E-state index in [-0.39, 0.29) is 6.10 Å². The fourth-order valence-corrected chi connectivity index (χ4v) is 2.77. The van der Waals surface area contributed by atoms with Crippen LogP contribution in [0.15, 0.2) is 6.07 Å². The molecule has 2 heterocycles. The van der Waals surface area contributed by atoms with Gasteiger partial charge in [0.2, 0.25) is 5.95 Å². The molecule has 0 spiro atoms. The highest BCUT2D eigenvalue weighted by Crippen LogP contribution is 2.29. The highest BCUT2D eigenvalue weighted by atomic mass is 32.1. The molecule has 2 rings (SSSR count). The van der Waals surface area contributed by atoms with E-state index in [4.69, 9.17) is 0 Å². The Morgan fingerprint density at radius 1 is 1.30 bits per heavy atom. The van der Waals surface area contributed by atoms with Crippen molar-refractivity contribution >= 4 is 33.3 Å². The molecule has 0 aliphatic heterocycles. The lowest BCUT2D eigenvalue weighted by Crippen LogP contribution is -2.12. The first-order valence-electron chi connectivity index (χ1n) is 7.04. The molecule has 0 radical (unpaired) electrons. The van der Waals surface area contributed by atoms with Gasteiger partial charge in [0, 0.05) is 18.0 Å². The number of aromatic nitrogens is 2. The molecule has 1 atom stereocenters. The van der Waals surface area contributed by atoms with Crippen molar-refractivity contribution in [3.05, 3.63) is 10.9 Å². The molecule has 6 heteroatoms. The summed E-state index contributed by atoms with van der Waals surface area (Å²) in [6.45, 7) is 7.54. The topological polar surface area (TPSA) is 70.1 Å². The van der Waals surface area contributed by atoms with E-state index < -0.39 is 0 Å². The van der Waals surface area contributed by atoms with Crippen LogP contribution in [0, 0.1) is 6.92 Å². The van der Waals surface area contributed by atoms with Crippen LogP contribution in [0.2, 0.25) is 0 Å². The van der Waals surface area contributed by atoms with Crippen molar-refractivity contribution in [2.24, 2.45) is 0 Å². The molecule has 3 N–H and O–H groups in total. The molecule has 0 aromatic carbocycles. The zero-order valence-corrected chi connectivity index (χ0v) is 13.0. The lowest BCUT2D eigenvalue weighted by atomic mass is 10.3. The fraction of sp³-hybridized carbons (Fsp3) is 0.571. The van der Waals surface area contributed by atoms with Gasteiger partial charge in [0.05, 0.1) is 11.5 Å². The van der Waals surface area contributed by atoms with Crippen LogP contribution in [0.4, 0.5) is 11.8 Å². The molecular weight excluding hydrogens is 272 g/mol. The third-order valence-electron chi connectivity index (χ3n) is 2.90. The van der Waals surface area contributed by atoms with Gasteiger partial charge in [-0.1, -0.05) is 6.92 Å². The first-order chi connectivity index (χ1) is 9.60. The van der Waals surface area contributed by atoms with Crippen molar-refractivity contribution in [3.63, 3.8) is 0 Å². The van der Waals surface area contributed by atoms with Crippen molar-refractivity contribution in [3.8, 4) is 0 Å². The van der Waals surface area contributed by atoms with Crippen LogP contribution in [0.1, 0.15) is 31.6 Å². The summed E-state index contributed by atoms with van der Waals surface area (Å²) in [4.78, 5) is 11.3. The Morgan fingerprint density at radius 3 is 2.80 bits per heavy atom. The monoisotopic (exact) mass is 294 g/mol. The molecule has 0 aliphatic rings. The Hall–Kier alpha value is -1.40. The Labute approximate surface area is 123 Å². The van der Waals surface area contributed by atoms with Crippen LogP contribution < -0.4 is 10.6 Å². The second-order valence-corrected chi connectivity index (χ2v) is 6.20. The number of anilines is 2. The smallest absolute Gasteiger partial charge is 0.226 e. The zero-order valence-electron chi connectivity index (χ0n) is 12.2. The number of fused-ring (bicyclic) bond motifs is 1. The SMILES string of the molecule is CCCNc1nc(NCCC(C)O)c2cc(C)sc2n1. The highest BCUT2D eigenvalue weighted by Gasteiger charge is 2.10. The first kappa shape index (κ1) is 15.0. The number of nitrogens with zero attached hydrogens (tertiary/aromatic N) is 2. The van der Waals surface area contributed by atoms with Gasteiger partial charge in [0.25, 0.3) is 0 Å². The van der Waals surface area contributed by atoms with Crippen LogP contribution in [-0.4, -0.2) is 34.3 Å². The maximum absolute atomic E-state index is 9.34. The van der Waals surface area contributed by atoms with Gasteiger partial charge in [-0.05, 0) is 32.8 Å². The maximum Gasteiger partial charge on any atom is 0.226 e.